The average molecular weight is 285 g/mol. The van der Waals surface area contributed by atoms with Gasteiger partial charge in [0.25, 0.3) is 0 Å². The lowest BCUT2D eigenvalue weighted by atomic mass is 10.1. The van der Waals surface area contributed by atoms with Crippen molar-refractivity contribution in [3.8, 4) is 0 Å². The summed E-state index contributed by atoms with van der Waals surface area (Å²) in [6.45, 7) is 2.15. The molecule has 0 unspecified atom stereocenters. The maximum atomic E-state index is 13.1. The summed E-state index contributed by atoms with van der Waals surface area (Å²) >= 11 is 0. The lowest BCUT2D eigenvalue weighted by Gasteiger charge is -2.06. The van der Waals surface area contributed by atoms with E-state index in [4.69, 9.17) is 4.74 Å². The third-order valence-electron chi connectivity index (χ3n) is 3.60. The normalized spacial score (nSPS) is 20.2. The highest BCUT2D eigenvalue weighted by molar-refractivity contribution is 5.88. The Kier molecular flexibility index (Phi) is 3.60. The lowest BCUT2D eigenvalue weighted by molar-refractivity contribution is -0.142. The van der Waals surface area contributed by atoms with Gasteiger partial charge >= 0.3 is 5.97 Å². The third kappa shape index (κ3) is 2.61. The summed E-state index contributed by atoms with van der Waals surface area (Å²) in [6, 6.07) is 15.6. The maximum absolute atomic E-state index is 13.1. The second-order valence-corrected chi connectivity index (χ2v) is 4.94. The first-order valence-electron chi connectivity index (χ1n) is 6.98. The standard InChI is InChI=1S/C17H16FNO2/c1-2-21-17(20)16-15(12-6-4-3-5-7-12)19(16)14-10-8-13(18)9-11-14/h3-11,15-16H,2H2,1H3/t15-,16-,19?/m1/s1. The van der Waals surface area contributed by atoms with Crippen molar-refractivity contribution in [2.24, 2.45) is 0 Å². The van der Waals surface area contributed by atoms with E-state index in [0.717, 1.165) is 11.3 Å². The Hall–Kier alpha value is -2.36. The first-order chi connectivity index (χ1) is 10.2. The van der Waals surface area contributed by atoms with E-state index in [0.29, 0.717) is 6.61 Å². The number of nitrogens with zero attached hydrogens (tertiary/aromatic N) is 1. The molecule has 1 saturated heterocycles. The number of hydrogen-bond acceptors (Lipinski definition) is 3. The molecular weight excluding hydrogens is 269 g/mol. The van der Waals surface area contributed by atoms with Gasteiger partial charge in [-0.3, -0.25) is 0 Å². The molecule has 1 fully saturated rings. The SMILES string of the molecule is CCOC(=O)[C@H]1[C@@H](c2ccccc2)N1c1ccc(F)cc1. The Labute approximate surface area is 123 Å². The highest BCUT2D eigenvalue weighted by Gasteiger charge is 2.54. The van der Waals surface area contributed by atoms with E-state index in [9.17, 15) is 9.18 Å². The minimum Gasteiger partial charge on any atom is -0.464 e. The topological polar surface area (TPSA) is 29.3 Å². The average Bonchev–Trinajstić information content (AvgIpc) is 3.25. The molecule has 108 valence electrons. The first kappa shape index (κ1) is 13.6. The van der Waals surface area contributed by atoms with Gasteiger partial charge in [0.2, 0.25) is 0 Å². The van der Waals surface area contributed by atoms with Gasteiger partial charge in [0.15, 0.2) is 6.04 Å². The van der Waals surface area contributed by atoms with Crippen LogP contribution < -0.4 is 4.90 Å². The second kappa shape index (κ2) is 5.56. The van der Waals surface area contributed by atoms with Crippen LogP contribution in [0.2, 0.25) is 0 Å². The number of esters is 1. The molecule has 3 rings (SSSR count). The van der Waals surface area contributed by atoms with Crippen LogP contribution in [-0.4, -0.2) is 18.6 Å². The molecule has 0 aliphatic carbocycles. The smallest absolute Gasteiger partial charge is 0.331 e. The van der Waals surface area contributed by atoms with Gasteiger partial charge in [-0.15, -0.1) is 0 Å². The second-order valence-electron chi connectivity index (χ2n) is 4.94. The minimum absolute atomic E-state index is 0.0456. The molecule has 4 heteroatoms. The van der Waals surface area contributed by atoms with Crippen molar-refractivity contribution in [1.82, 2.24) is 0 Å². The van der Waals surface area contributed by atoms with Crippen LogP contribution >= 0.6 is 0 Å². The summed E-state index contributed by atoms with van der Waals surface area (Å²) < 4.78 is 18.2. The molecule has 21 heavy (non-hydrogen) atoms. The molecule has 0 spiro atoms. The van der Waals surface area contributed by atoms with Crippen molar-refractivity contribution in [3.63, 3.8) is 0 Å². The van der Waals surface area contributed by atoms with Crippen molar-refractivity contribution in [2.75, 3.05) is 11.5 Å². The van der Waals surface area contributed by atoms with Gasteiger partial charge in [-0.25, -0.2) is 9.18 Å². The van der Waals surface area contributed by atoms with E-state index in [1.54, 1.807) is 19.1 Å². The molecule has 2 atom stereocenters. The highest BCUT2D eigenvalue weighted by Crippen LogP contribution is 2.47. The molecule has 1 aliphatic rings. The van der Waals surface area contributed by atoms with Crippen molar-refractivity contribution in [1.29, 1.82) is 0 Å². The molecule has 0 saturated carbocycles. The van der Waals surface area contributed by atoms with Gasteiger partial charge in [-0.05, 0) is 36.8 Å². The van der Waals surface area contributed by atoms with Crippen LogP contribution in [0.15, 0.2) is 54.6 Å². The quantitative estimate of drug-likeness (QED) is 0.637. The van der Waals surface area contributed by atoms with Crippen LogP contribution in [0, 0.1) is 5.82 Å². The van der Waals surface area contributed by atoms with Gasteiger partial charge < -0.3 is 9.64 Å². The van der Waals surface area contributed by atoms with Gasteiger partial charge in [0.05, 0.1) is 12.6 Å². The van der Waals surface area contributed by atoms with E-state index < -0.39 is 0 Å². The molecule has 0 radical (unpaired) electrons. The molecule has 2 aromatic carbocycles. The minimum atomic E-state index is -0.335. The summed E-state index contributed by atoms with van der Waals surface area (Å²) in [5.74, 6) is -0.528. The van der Waals surface area contributed by atoms with Gasteiger partial charge in [0, 0.05) is 5.69 Å². The van der Waals surface area contributed by atoms with Gasteiger partial charge in [0.1, 0.15) is 5.82 Å². The number of hydrogen-bond donors (Lipinski definition) is 0. The molecular formula is C17H16FNO2. The predicted molar refractivity (Wildman–Crippen MR) is 78.5 cm³/mol. The van der Waals surface area contributed by atoms with Crippen LogP contribution in [0.4, 0.5) is 10.1 Å². The largest absolute Gasteiger partial charge is 0.464 e. The fraction of sp³-hybridized carbons (Fsp3) is 0.235. The predicted octanol–water partition coefficient (Wildman–Crippen LogP) is 3.32. The van der Waals surface area contributed by atoms with Crippen LogP contribution in [0.5, 0.6) is 0 Å². The maximum Gasteiger partial charge on any atom is 0.331 e. The van der Waals surface area contributed by atoms with E-state index in [1.165, 1.54) is 12.1 Å². The van der Waals surface area contributed by atoms with E-state index in [1.807, 2.05) is 35.2 Å². The molecule has 0 N–H and O–H groups in total. The van der Waals surface area contributed by atoms with E-state index in [-0.39, 0.29) is 23.9 Å². The summed E-state index contributed by atoms with van der Waals surface area (Å²) in [4.78, 5) is 14.1. The third-order valence-corrected chi connectivity index (χ3v) is 3.60. The van der Waals surface area contributed by atoms with E-state index in [2.05, 4.69) is 0 Å². The Bertz CT molecular complexity index is 627. The number of benzene rings is 2. The van der Waals surface area contributed by atoms with Crippen molar-refractivity contribution in [3.05, 3.63) is 66.0 Å². The summed E-state index contributed by atoms with van der Waals surface area (Å²) in [7, 11) is 0. The number of halogens is 1. The van der Waals surface area contributed by atoms with Gasteiger partial charge in [-0.2, -0.15) is 0 Å². The molecule has 0 amide bonds. The number of rotatable bonds is 4. The fourth-order valence-electron chi connectivity index (χ4n) is 2.63. The Morgan fingerprint density at radius 3 is 2.43 bits per heavy atom. The Balaban J connectivity index is 1.89. The van der Waals surface area contributed by atoms with Crippen LogP contribution in [0.25, 0.3) is 0 Å². The molecule has 2 aromatic rings. The number of anilines is 1. The monoisotopic (exact) mass is 285 g/mol. The van der Waals surface area contributed by atoms with Crippen LogP contribution in [-0.2, 0) is 9.53 Å². The molecule has 1 aliphatic heterocycles. The Morgan fingerprint density at radius 2 is 1.81 bits per heavy atom. The van der Waals surface area contributed by atoms with Crippen molar-refractivity contribution < 1.29 is 13.9 Å². The van der Waals surface area contributed by atoms with Gasteiger partial charge in [-0.1, -0.05) is 30.3 Å². The zero-order chi connectivity index (χ0) is 14.8. The van der Waals surface area contributed by atoms with Crippen molar-refractivity contribution >= 4 is 11.7 Å². The Morgan fingerprint density at radius 1 is 1.14 bits per heavy atom. The van der Waals surface area contributed by atoms with Crippen LogP contribution in [0.3, 0.4) is 0 Å². The summed E-state index contributed by atoms with van der Waals surface area (Å²) in [5.41, 5.74) is 1.88. The number of ether oxygens (including phenoxy) is 1. The number of carbonyl (C=O) groups is 1. The van der Waals surface area contributed by atoms with E-state index >= 15 is 0 Å². The highest BCUT2D eigenvalue weighted by atomic mass is 19.1. The summed E-state index contributed by atoms with van der Waals surface area (Å²) in [5, 5.41) is 0. The summed E-state index contributed by atoms with van der Waals surface area (Å²) in [6.07, 6.45) is 0. The first-order valence-corrected chi connectivity index (χ1v) is 6.98. The zero-order valence-electron chi connectivity index (χ0n) is 11.7. The molecule has 1 heterocycles. The van der Waals surface area contributed by atoms with Crippen LogP contribution in [0.1, 0.15) is 18.5 Å². The fourth-order valence-corrected chi connectivity index (χ4v) is 2.63. The van der Waals surface area contributed by atoms with Crippen molar-refractivity contribution in [2.45, 2.75) is 19.0 Å². The molecule has 0 bridgehead atoms. The lowest BCUT2D eigenvalue weighted by Crippen LogP contribution is -2.15. The molecule has 0 aromatic heterocycles. The molecule has 3 nitrogen and oxygen atoms in total. The zero-order valence-corrected chi connectivity index (χ0v) is 11.7. The number of carbonyl (C=O) groups excluding carboxylic acids is 1.